The molecule has 0 spiro atoms. The molecule has 0 aliphatic heterocycles. The summed E-state index contributed by atoms with van der Waals surface area (Å²) in [6.07, 6.45) is 2.02. The quantitative estimate of drug-likeness (QED) is 0.387. The number of rotatable bonds is 10. The van der Waals surface area contributed by atoms with Gasteiger partial charge in [-0.25, -0.2) is 0 Å². The predicted molar refractivity (Wildman–Crippen MR) is 119 cm³/mol. The van der Waals surface area contributed by atoms with Crippen molar-refractivity contribution in [3.8, 4) is 23.1 Å². The second-order valence-corrected chi connectivity index (χ2v) is 7.47. The molecule has 0 N–H and O–H groups in total. The van der Waals surface area contributed by atoms with Crippen LogP contribution in [0.5, 0.6) is 11.8 Å². The van der Waals surface area contributed by atoms with E-state index in [1.165, 1.54) is 4.68 Å². The number of hydrogen-bond donors (Lipinski definition) is 0. The summed E-state index contributed by atoms with van der Waals surface area (Å²) in [4.78, 5) is 17.6. The number of carbonyl (C=O) groups excluding carboxylic acids is 1. The lowest BCUT2D eigenvalue weighted by molar-refractivity contribution is 0.0943. The molecule has 0 amide bonds. The van der Waals surface area contributed by atoms with Crippen LogP contribution in [-0.4, -0.2) is 47.6 Å². The molecule has 0 bridgehead atoms. The Morgan fingerprint density at radius 1 is 1.03 bits per heavy atom. The number of unbranched alkanes of at least 4 members (excludes halogenated alkanes) is 1. The fourth-order valence-electron chi connectivity index (χ4n) is 2.71. The van der Waals surface area contributed by atoms with Crippen LogP contribution in [0.1, 0.15) is 30.1 Å². The van der Waals surface area contributed by atoms with Crippen molar-refractivity contribution >= 4 is 29.1 Å². The first-order chi connectivity index (χ1) is 15.0. The van der Waals surface area contributed by atoms with E-state index < -0.39 is 0 Å². The van der Waals surface area contributed by atoms with Crippen LogP contribution >= 0.6 is 23.2 Å². The lowest BCUT2D eigenvalue weighted by Gasteiger charge is -2.08. The normalized spacial score (nSPS) is 10.8. The molecule has 164 valence electrons. The minimum Gasteiger partial charge on any atom is -0.494 e. The molecule has 2 aromatic carbocycles. The summed E-state index contributed by atoms with van der Waals surface area (Å²) in [6.45, 7) is 3.33. The zero-order valence-corrected chi connectivity index (χ0v) is 18.8. The minimum atomic E-state index is -0.379. The molecule has 31 heavy (non-hydrogen) atoms. The summed E-state index contributed by atoms with van der Waals surface area (Å²) >= 11 is 12.4. The van der Waals surface area contributed by atoms with Crippen LogP contribution in [0.2, 0.25) is 10.0 Å². The smallest absolute Gasteiger partial charge is 0.336 e. The molecule has 0 aliphatic rings. The van der Waals surface area contributed by atoms with Gasteiger partial charge in [0, 0.05) is 23.3 Å². The first-order valence-corrected chi connectivity index (χ1v) is 10.6. The van der Waals surface area contributed by atoms with Crippen LogP contribution in [0, 0.1) is 0 Å². The Labute approximate surface area is 190 Å². The van der Waals surface area contributed by atoms with E-state index in [0.29, 0.717) is 40.1 Å². The topological polar surface area (TPSA) is 75.5 Å². The SMILES string of the molecule is CCCCOc1ccc(C(=O)n2nc(OCCOC)nc2-c2ccc(Cl)cc2Cl)cc1. The highest BCUT2D eigenvalue weighted by Crippen LogP contribution is 2.30. The van der Waals surface area contributed by atoms with Crippen molar-refractivity contribution in [3.05, 3.63) is 58.1 Å². The predicted octanol–water partition coefficient (Wildman–Crippen LogP) is 5.14. The third-order valence-electron chi connectivity index (χ3n) is 4.34. The number of methoxy groups -OCH3 is 1. The van der Waals surface area contributed by atoms with Crippen molar-refractivity contribution in [2.75, 3.05) is 26.9 Å². The van der Waals surface area contributed by atoms with Crippen molar-refractivity contribution in [1.82, 2.24) is 14.8 Å². The zero-order valence-electron chi connectivity index (χ0n) is 17.3. The van der Waals surface area contributed by atoms with Crippen LogP contribution in [-0.2, 0) is 4.74 Å². The lowest BCUT2D eigenvalue weighted by atomic mass is 10.2. The molecule has 0 atom stereocenters. The fourth-order valence-corrected chi connectivity index (χ4v) is 3.20. The molecule has 0 saturated heterocycles. The molecule has 1 aromatic heterocycles. The summed E-state index contributed by atoms with van der Waals surface area (Å²) in [5, 5.41) is 5.05. The summed E-state index contributed by atoms with van der Waals surface area (Å²) in [5.41, 5.74) is 0.926. The van der Waals surface area contributed by atoms with Crippen molar-refractivity contribution in [2.45, 2.75) is 19.8 Å². The molecule has 9 heteroatoms. The van der Waals surface area contributed by atoms with Gasteiger partial charge in [0.15, 0.2) is 5.82 Å². The van der Waals surface area contributed by atoms with Crippen molar-refractivity contribution in [1.29, 1.82) is 0 Å². The van der Waals surface area contributed by atoms with E-state index in [9.17, 15) is 4.79 Å². The number of nitrogens with zero attached hydrogens (tertiary/aromatic N) is 3. The molecule has 3 rings (SSSR count). The van der Waals surface area contributed by atoms with Crippen molar-refractivity contribution in [3.63, 3.8) is 0 Å². The van der Waals surface area contributed by atoms with Crippen LogP contribution in [0.3, 0.4) is 0 Å². The highest BCUT2D eigenvalue weighted by atomic mass is 35.5. The molecule has 0 radical (unpaired) electrons. The van der Waals surface area contributed by atoms with Crippen LogP contribution in [0.4, 0.5) is 0 Å². The van der Waals surface area contributed by atoms with Crippen molar-refractivity contribution < 1.29 is 19.0 Å². The molecular formula is C22H23Cl2N3O4. The third-order valence-corrected chi connectivity index (χ3v) is 4.89. The van der Waals surface area contributed by atoms with Gasteiger partial charge >= 0.3 is 6.01 Å². The Morgan fingerprint density at radius 2 is 1.81 bits per heavy atom. The van der Waals surface area contributed by atoms with E-state index in [1.54, 1.807) is 49.6 Å². The van der Waals surface area contributed by atoms with Crippen molar-refractivity contribution in [2.24, 2.45) is 0 Å². The van der Waals surface area contributed by atoms with E-state index >= 15 is 0 Å². The molecule has 1 heterocycles. The summed E-state index contributed by atoms with van der Waals surface area (Å²) in [7, 11) is 1.56. The van der Waals surface area contributed by atoms with E-state index in [-0.39, 0.29) is 24.3 Å². The molecular weight excluding hydrogens is 441 g/mol. The molecule has 0 saturated carbocycles. The molecule has 0 unspecified atom stereocenters. The number of halogens is 2. The van der Waals surface area contributed by atoms with Gasteiger partial charge in [0.1, 0.15) is 12.4 Å². The van der Waals surface area contributed by atoms with E-state index in [1.807, 2.05) is 0 Å². The van der Waals surface area contributed by atoms with Gasteiger partial charge in [-0.15, -0.1) is 5.10 Å². The summed E-state index contributed by atoms with van der Waals surface area (Å²) in [5.74, 6) is 0.575. The van der Waals surface area contributed by atoms with Gasteiger partial charge < -0.3 is 14.2 Å². The highest BCUT2D eigenvalue weighted by molar-refractivity contribution is 6.36. The van der Waals surface area contributed by atoms with Gasteiger partial charge in [0.25, 0.3) is 5.91 Å². The first kappa shape index (κ1) is 23.1. The maximum absolute atomic E-state index is 13.2. The number of ether oxygens (including phenoxy) is 3. The van der Waals surface area contributed by atoms with Crippen LogP contribution in [0.15, 0.2) is 42.5 Å². The monoisotopic (exact) mass is 463 g/mol. The van der Waals surface area contributed by atoms with Gasteiger partial charge in [-0.2, -0.15) is 9.67 Å². The summed E-state index contributed by atoms with van der Waals surface area (Å²) < 4.78 is 17.3. The number of carbonyl (C=O) groups is 1. The Kier molecular flexibility index (Phi) is 8.28. The third kappa shape index (κ3) is 5.97. The van der Waals surface area contributed by atoms with Gasteiger partial charge in [-0.1, -0.05) is 36.5 Å². The van der Waals surface area contributed by atoms with E-state index in [2.05, 4.69) is 17.0 Å². The summed E-state index contributed by atoms with van der Waals surface area (Å²) in [6, 6.07) is 11.9. The fraction of sp³-hybridized carbons (Fsp3) is 0.318. The molecule has 0 fully saturated rings. The maximum Gasteiger partial charge on any atom is 0.336 e. The Bertz CT molecular complexity index is 1020. The van der Waals surface area contributed by atoms with Gasteiger partial charge in [0.2, 0.25) is 0 Å². The Balaban J connectivity index is 1.91. The average molecular weight is 464 g/mol. The highest BCUT2D eigenvalue weighted by Gasteiger charge is 2.22. The molecule has 0 aliphatic carbocycles. The van der Waals surface area contributed by atoms with Gasteiger partial charge in [-0.05, 0) is 48.9 Å². The number of benzene rings is 2. The minimum absolute atomic E-state index is 0.0472. The van der Waals surface area contributed by atoms with E-state index in [0.717, 1.165) is 12.8 Å². The second-order valence-electron chi connectivity index (χ2n) is 6.63. The van der Waals surface area contributed by atoms with Gasteiger partial charge in [0.05, 0.1) is 18.2 Å². The Morgan fingerprint density at radius 3 is 2.48 bits per heavy atom. The maximum atomic E-state index is 13.2. The van der Waals surface area contributed by atoms with Crippen LogP contribution < -0.4 is 9.47 Å². The lowest BCUT2D eigenvalue weighted by Crippen LogP contribution is -2.15. The largest absolute Gasteiger partial charge is 0.494 e. The zero-order chi connectivity index (χ0) is 22.2. The second kappa shape index (κ2) is 11.1. The van der Waals surface area contributed by atoms with Crippen LogP contribution in [0.25, 0.3) is 11.4 Å². The van der Waals surface area contributed by atoms with E-state index in [4.69, 9.17) is 37.4 Å². The average Bonchev–Trinajstić information content (AvgIpc) is 3.18. The molecule has 7 nitrogen and oxygen atoms in total. The first-order valence-electron chi connectivity index (χ1n) is 9.85. The molecule has 3 aromatic rings. The standard InChI is InChI=1S/C22H23Cl2N3O4/c1-3-4-11-30-17-8-5-15(6-9-17)21(28)27-20(18-10-7-16(23)14-19(18)24)25-22(26-27)31-13-12-29-2/h5-10,14H,3-4,11-13H2,1-2H3. The number of hydrogen-bond acceptors (Lipinski definition) is 6. The van der Waals surface area contributed by atoms with Gasteiger partial charge in [-0.3, -0.25) is 4.79 Å². The number of aromatic nitrogens is 3. The Hall–Kier alpha value is -2.61.